The Morgan fingerprint density at radius 1 is 0.900 bits per heavy atom. The lowest BCUT2D eigenvalue weighted by Gasteiger charge is -2.15. The molecule has 0 bridgehead atoms. The highest BCUT2D eigenvalue weighted by Gasteiger charge is 2.38. The van der Waals surface area contributed by atoms with Gasteiger partial charge in [-0.25, -0.2) is 18.1 Å². The molecule has 0 atom stereocenters. The summed E-state index contributed by atoms with van der Waals surface area (Å²) in [7, 11) is -4.72. The summed E-state index contributed by atoms with van der Waals surface area (Å²) in [6, 6.07) is 5.84. The number of sulfonamides is 1. The number of halogens is 6. The van der Waals surface area contributed by atoms with Crippen LogP contribution in [0.1, 0.15) is 16.7 Å². The molecule has 0 radical (unpaired) electrons. The van der Waals surface area contributed by atoms with E-state index in [1.54, 1.807) is 0 Å². The molecular formula is C17H12F6N4O2S. The highest BCUT2D eigenvalue weighted by atomic mass is 32.2. The van der Waals surface area contributed by atoms with Crippen LogP contribution in [0.3, 0.4) is 0 Å². The Morgan fingerprint density at radius 3 is 1.93 bits per heavy atom. The van der Waals surface area contributed by atoms with Crippen LogP contribution in [0.5, 0.6) is 0 Å². The fraction of sp³-hybridized carbons (Fsp3) is 0.176. The lowest BCUT2D eigenvalue weighted by Crippen LogP contribution is -2.17. The Labute approximate surface area is 166 Å². The maximum atomic E-state index is 13.0. The zero-order chi connectivity index (χ0) is 22.2. The van der Waals surface area contributed by atoms with E-state index in [2.05, 4.69) is 10.1 Å². The second kappa shape index (κ2) is 7.63. The molecule has 13 heteroatoms. The van der Waals surface area contributed by atoms with Crippen LogP contribution < -0.4 is 4.72 Å². The maximum absolute atomic E-state index is 13.0. The molecule has 3 rings (SSSR count). The van der Waals surface area contributed by atoms with Gasteiger partial charge in [0.05, 0.1) is 22.6 Å². The van der Waals surface area contributed by atoms with Crippen molar-refractivity contribution in [1.82, 2.24) is 14.8 Å². The molecule has 1 aromatic heterocycles. The van der Waals surface area contributed by atoms with E-state index in [0.717, 1.165) is 0 Å². The summed E-state index contributed by atoms with van der Waals surface area (Å²) >= 11 is 0. The first kappa shape index (κ1) is 21.6. The van der Waals surface area contributed by atoms with Crippen molar-refractivity contribution < 1.29 is 34.8 Å². The molecule has 0 saturated carbocycles. The third-order valence-electron chi connectivity index (χ3n) is 3.89. The van der Waals surface area contributed by atoms with Crippen molar-refractivity contribution >= 4 is 15.7 Å². The molecule has 1 heterocycles. The summed E-state index contributed by atoms with van der Waals surface area (Å²) in [5.74, 6) is 0. The van der Waals surface area contributed by atoms with Crippen molar-refractivity contribution in [2.24, 2.45) is 0 Å². The van der Waals surface area contributed by atoms with Crippen molar-refractivity contribution in [2.45, 2.75) is 23.8 Å². The molecule has 3 aromatic rings. The molecule has 0 amide bonds. The van der Waals surface area contributed by atoms with Gasteiger partial charge in [0.15, 0.2) is 0 Å². The smallest absolute Gasteiger partial charge is 0.280 e. The number of nitrogens with zero attached hydrogens (tertiary/aromatic N) is 3. The minimum absolute atomic E-state index is 0.0386. The largest absolute Gasteiger partial charge is 0.416 e. The summed E-state index contributed by atoms with van der Waals surface area (Å²) in [6.07, 6.45) is -7.53. The zero-order valence-corrected chi connectivity index (χ0v) is 15.6. The minimum atomic E-state index is -5.16. The standard InChI is InChI=1S/C17H12F6N4O2S/c18-16(19,20)12-5-13(17(21,22)23)7-15(6-12)30(28,29)26-14-3-1-11(2-4-14)8-27-10-24-9-25-27/h1-7,9-10,26H,8H2. The SMILES string of the molecule is O=S(=O)(Nc1ccc(Cn2cncn2)cc1)c1cc(C(F)(F)F)cc(C(F)(F)F)c1. The number of hydrogen-bond donors (Lipinski definition) is 1. The second-order valence-corrected chi connectivity index (χ2v) is 7.82. The lowest BCUT2D eigenvalue weighted by molar-refractivity contribution is -0.143. The van der Waals surface area contributed by atoms with Gasteiger partial charge in [0.1, 0.15) is 12.7 Å². The van der Waals surface area contributed by atoms with Crippen LogP contribution in [-0.4, -0.2) is 23.2 Å². The highest BCUT2D eigenvalue weighted by Crippen LogP contribution is 2.37. The van der Waals surface area contributed by atoms with Crippen molar-refractivity contribution in [2.75, 3.05) is 4.72 Å². The van der Waals surface area contributed by atoms with E-state index in [4.69, 9.17) is 0 Å². The number of anilines is 1. The first-order valence-electron chi connectivity index (χ1n) is 8.08. The van der Waals surface area contributed by atoms with Crippen molar-refractivity contribution in [3.05, 3.63) is 71.8 Å². The average molecular weight is 450 g/mol. The van der Waals surface area contributed by atoms with Crippen LogP contribution in [0.4, 0.5) is 32.0 Å². The molecule has 0 saturated heterocycles. The van der Waals surface area contributed by atoms with Gasteiger partial charge in [-0.3, -0.25) is 4.72 Å². The number of aromatic nitrogens is 3. The van der Waals surface area contributed by atoms with Crippen molar-refractivity contribution in [3.63, 3.8) is 0 Å². The fourth-order valence-corrected chi connectivity index (χ4v) is 3.60. The zero-order valence-electron chi connectivity index (χ0n) is 14.7. The van der Waals surface area contributed by atoms with Gasteiger partial charge in [-0.1, -0.05) is 12.1 Å². The average Bonchev–Trinajstić information content (AvgIpc) is 3.14. The quantitative estimate of drug-likeness (QED) is 0.593. The summed E-state index contributed by atoms with van der Waals surface area (Å²) < 4.78 is 106. The van der Waals surface area contributed by atoms with E-state index in [1.807, 2.05) is 4.72 Å². The summed E-state index contributed by atoms with van der Waals surface area (Å²) in [5, 5.41) is 3.90. The Kier molecular flexibility index (Phi) is 5.50. The summed E-state index contributed by atoms with van der Waals surface area (Å²) in [4.78, 5) is 2.61. The minimum Gasteiger partial charge on any atom is -0.280 e. The van der Waals surface area contributed by atoms with Gasteiger partial charge >= 0.3 is 12.4 Å². The summed E-state index contributed by atoms with van der Waals surface area (Å²) in [6.45, 7) is 0.329. The van der Waals surface area contributed by atoms with Gasteiger partial charge < -0.3 is 0 Å². The van der Waals surface area contributed by atoms with Gasteiger partial charge in [-0.05, 0) is 35.9 Å². The predicted molar refractivity (Wildman–Crippen MR) is 92.8 cm³/mol. The molecule has 0 fully saturated rings. The van der Waals surface area contributed by atoms with Gasteiger partial charge in [-0.2, -0.15) is 31.4 Å². The van der Waals surface area contributed by atoms with Crippen LogP contribution in [-0.2, 0) is 28.9 Å². The normalized spacial score (nSPS) is 12.7. The summed E-state index contributed by atoms with van der Waals surface area (Å²) in [5.41, 5.74) is -2.77. The maximum Gasteiger partial charge on any atom is 0.416 e. The van der Waals surface area contributed by atoms with Gasteiger partial charge in [0.25, 0.3) is 10.0 Å². The van der Waals surface area contributed by atoms with E-state index in [9.17, 15) is 34.8 Å². The second-order valence-electron chi connectivity index (χ2n) is 6.14. The Bertz CT molecular complexity index is 1090. The number of nitrogens with one attached hydrogen (secondary N) is 1. The lowest BCUT2D eigenvalue weighted by atomic mass is 10.1. The van der Waals surface area contributed by atoms with E-state index >= 15 is 0 Å². The van der Waals surface area contributed by atoms with Gasteiger partial charge in [-0.15, -0.1) is 0 Å². The number of benzene rings is 2. The molecule has 0 unspecified atom stereocenters. The monoisotopic (exact) mass is 450 g/mol. The first-order chi connectivity index (χ1) is 13.8. The molecule has 160 valence electrons. The van der Waals surface area contributed by atoms with E-state index in [0.29, 0.717) is 12.1 Å². The molecule has 2 aromatic carbocycles. The molecule has 6 nitrogen and oxygen atoms in total. The van der Waals surface area contributed by atoms with Crippen molar-refractivity contribution in [1.29, 1.82) is 0 Å². The van der Waals surface area contributed by atoms with Crippen LogP contribution >= 0.6 is 0 Å². The fourth-order valence-electron chi connectivity index (χ4n) is 2.48. The third-order valence-corrected chi connectivity index (χ3v) is 5.25. The van der Waals surface area contributed by atoms with Crippen LogP contribution in [0.15, 0.2) is 60.0 Å². The topological polar surface area (TPSA) is 76.9 Å². The highest BCUT2D eigenvalue weighted by molar-refractivity contribution is 7.92. The molecule has 0 aliphatic carbocycles. The van der Waals surface area contributed by atoms with Crippen LogP contribution in [0, 0.1) is 0 Å². The number of hydrogen-bond acceptors (Lipinski definition) is 4. The molecule has 1 N–H and O–H groups in total. The van der Waals surface area contributed by atoms with Crippen LogP contribution in [0.2, 0.25) is 0 Å². The first-order valence-corrected chi connectivity index (χ1v) is 9.56. The molecule has 0 spiro atoms. The van der Waals surface area contributed by atoms with E-state index in [-0.39, 0.29) is 23.9 Å². The van der Waals surface area contributed by atoms with Gasteiger partial charge in [0, 0.05) is 5.69 Å². The Hall–Kier alpha value is -3.09. The van der Waals surface area contributed by atoms with Gasteiger partial charge in [0.2, 0.25) is 0 Å². The molecule has 0 aliphatic heterocycles. The third kappa shape index (κ3) is 5.09. The molecular weight excluding hydrogens is 438 g/mol. The predicted octanol–water partition coefficient (Wildman–Crippen LogP) is 4.16. The van der Waals surface area contributed by atoms with Crippen LogP contribution in [0.25, 0.3) is 0 Å². The number of rotatable bonds is 5. The Balaban J connectivity index is 1.89. The van der Waals surface area contributed by atoms with E-state index in [1.165, 1.54) is 41.6 Å². The molecule has 30 heavy (non-hydrogen) atoms. The number of alkyl halides is 6. The van der Waals surface area contributed by atoms with Crippen molar-refractivity contribution in [3.8, 4) is 0 Å². The van der Waals surface area contributed by atoms with E-state index < -0.39 is 38.4 Å². The Morgan fingerprint density at radius 2 is 1.47 bits per heavy atom. The molecule has 0 aliphatic rings.